The van der Waals surface area contributed by atoms with Crippen molar-refractivity contribution in [3.05, 3.63) is 54.9 Å². The highest BCUT2D eigenvalue weighted by Gasteiger charge is 2.25. The molecule has 1 aromatic heterocycles. The number of tetrazole rings is 1. The molecule has 27 heavy (non-hydrogen) atoms. The van der Waals surface area contributed by atoms with Gasteiger partial charge in [0.15, 0.2) is 0 Å². The van der Waals surface area contributed by atoms with Gasteiger partial charge in [-0.25, -0.2) is 4.68 Å². The van der Waals surface area contributed by atoms with Crippen molar-refractivity contribution in [2.24, 2.45) is 0 Å². The Morgan fingerprint density at radius 1 is 1.15 bits per heavy atom. The minimum absolute atomic E-state index is 0.0893. The lowest BCUT2D eigenvalue weighted by molar-refractivity contribution is -0.121. The number of hydrogen-bond donors (Lipinski definition) is 1. The standard InChI is InChI=1S/C18H16N6O3/c25-17(20-13-5-7-14(8-6-13)24-12-19-21-22-24)11-23-15-3-1-2-4-16(15)27-10-9-18(23)26/h1-8,12H,9-11H2,(H,20,25). The molecular formula is C18H16N6O3. The maximum absolute atomic E-state index is 12.5. The van der Waals surface area contributed by atoms with Crippen LogP contribution in [0.3, 0.4) is 0 Å². The van der Waals surface area contributed by atoms with E-state index < -0.39 is 0 Å². The van der Waals surface area contributed by atoms with Gasteiger partial charge in [-0.2, -0.15) is 0 Å². The lowest BCUT2D eigenvalue weighted by atomic mass is 10.2. The highest BCUT2D eigenvalue weighted by Crippen LogP contribution is 2.30. The van der Waals surface area contributed by atoms with Crippen molar-refractivity contribution in [3.63, 3.8) is 0 Å². The SMILES string of the molecule is O=C(CN1C(=O)CCOc2ccccc21)Nc1ccc(-n2cnnn2)cc1. The van der Waals surface area contributed by atoms with Gasteiger partial charge in [0.05, 0.1) is 24.4 Å². The first-order valence-corrected chi connectivity index (χ1v) is 8.36. The van der Waals surface area contributed by atoms with E-state index in [1.54, 1.807) is 36.4 Å². The number of carbonyl (C=O) groups excluding carboxylic acids is 2. The molecule has 0 fully saturated rings. The van der Waals surface area contributed by atoms with E-state index in [0.29, 0.717) is 23.7 Å². The van der Waals surface area contributed by atoms with Gasteiger partial charge in [0.25, 0.3) is 0 Å². The van der Waals surface area contributed by atoms with Gasteiger partial charge in [-0.1, -0.05) is 12.1 Å². The summed E-state index contributed by atoms with van der Waals surface area (Å²) in [5, 5.41) is 13.8. The van der Waals surface area contributed by atoms with Crippen LogP contribution in [0.5, 0.6) is 5.75 Å². The van der Waals surface area contributed by atoms with Gasteiger partial charge < -0.3 is 10.1 Å². The molecule has 0 saturated carbocycles. The van der Waals surface area contributed by atoms with Crippen LogP contribution in [0.4, 0.5) is 11.4 Å². The molecule has 2 heterocycles. The van der Waals surface area contributed by atoms with Gasteiger partial charge >= 0.3 is 0 Å². The van der Waals surface area contributed by atoms with Crippen molar-refractivity contribution < 1.29 is 14.3 Å². The Balaban J connectivity index is 1.47. The second kappa shape index (κ2) is 7.24. The summed E-state index contributed by atoms with van der Waals surface area (Å²) < 4.78 is 7.10. The predicted octanol–water partition coefficient (Wildman–Crippen LogP) is 1.42. The third-order valence-corrected chi connectivity index (χ3v) is 4.10. The van der Waals surface area contributed by atoms with Gasteiger partial charge in [0.1, 0.15) is 18.6 Å². The van der Waals surface area contributed by atoms with Gasteiger partial charge in [-0.05, 0) is 46.8 Å². The molecule has 4 rings (SSSR count). The first-order valence-electron chi connectivity index (χ1n) is 8.36. The summed E-state index contributed by atoms with van der Waals surface area (Å²) in [5.74, 6) is 0.154. The van der Waals surface area contributed by atoms with Crippen LogP contribution in [0.2, 0.25) is 0 Å². The molecule has 0 aliphatic carbocycles. The largest absolute Gasteiger partial charge is 0.491 e. The van der Waals surface area contributed by atoms with E-state index in [1.807, 2.05) is 12.1 Å². The Hall–Kier alpha value is -3.75. The molecule has 136 valence electrons. The van der Waals surface area contributed by atoms with E-state index in [2.05, 4.69) is 20.8 Å². The van der Waals surface area contributed by atoms with Crippen LogP contribution in [0, 0.1) is 0 Å². The van der Waals surface area contributed by atoms with E-state index in [9.17, 15) is 9.59 Å². The number of para-hydroxylation sites is 2. The summed E-state index contributed by atoms with van der Waals surface area (Å²) in [6.07, 6.45) is 1.71. The van der Waals surface area contributed by atoms with Crippen LogP contribution in [-0.2, 0) is 9.59 Å². The first-order chi connectivity index (χ1) is 13.2. The number of rotatable bonds is 4. The van der Waals surface area contributed by atoms with Crippen LogP contribution < -0.4 is 15.0 Å². The number of aromatic nitrogens is 4. The number of carbonyl (C=O) groups is 2. The van der Waals surface area contributed by atoms with Crippen LogP contribution in [-0.4, -0.2) is 45.2 Å². The van der Waals surface area contributed by atoms with E-state index in [1.165, 1.54) is 15.9 Å². The van der Waals surface area contributed by atoms with Crippen molar-refractivity contribution in [2.75, 3.05) is 23.4 Å². The summed E-state index contributed by atoms with van der Waals surface area (Å²) in [6, 6.07) is 14.3. The van der Waals surface area contributed by atoms with E-state index in [0.717, 1.165) is 5.69 Å². The number of ether oxygens (including phenoxy) is 1. The zero-order valence-corrected chi connectivity index (χ0v) is 14.3. The lowest BCUT2D eigenvalue weighted by Crippen LogP contribution is -2.37. The normalized spacial score (nSPS) is 13.5. The second-order valence-corrected chi connectivity index (χ2v) is 5.90. The number of hydrogen-bond acceptors (Lipinski definition) is 6. The Labute approximate surface area is 154 Å². The zero-order valence-electron chi connectivity index (χ0n) is 14.3. The van der Waals surface area contributed by atoms with E-state index in [-0.39, 0.29) is 24.8 Å². The second-order valence-electron chi connectivity index (χ2n) is 5.90. The van der Waals surface area contributed by atoms with Crippen molar-refractivity contribution in [1.82, 2.24) is 20.2 Å². The number of amides is 2. The topological polar surface area (TPSA) is 102 Å². The highest BCUT2D eigenvalue weighted by molar-refractivity contribution is 6.03. The molecule has 0 bridgehead atoms. The molecule has 2 aromatic carbocycles. The van der Waals surface area contributed by atoms with Gasteiger partial charge in [-0.15, -0.1) is 5.10 Å². The molecule has 2 amide bonds. The molecule has 0 atom stereocenters. The first kappa shape index (κ1) is 16.7. The Bertz CT molecular complexity index is 955. The summed E-state index contributed by atoms with van der Waals surface area (Å²) in [7, 11) is 0. The fraction of sp³-hybridized carbons (Fsp3) is 0.167. The summed E-state index contributed by atoms with van der Waals surface area (Å²) in [6.45, 7) is 0.209. The van der Waals surface area contributed by atoms with E-state index in [4.69, 9.17) is 4.74 Å². The molecule has 9 nitrogen and oxygen atoms in total. The molecule has 9 heteroatoms. The maximum atomic E-state index is 12.5. The molecule has 0 spiro atoms. The third kappa shape index (κ3) is 3.61. The zero-order chi connectivity index (χ0) is 18.6. The van der Waals surface area contributed by atoms with Gasteiger partial charge in [0, 0.05) is 5.69 Å². The minimum Gasteiger partial charge on any atom is -0.491 e. The minimum atomic E-state index is -0.296. The molecule has 3 aromatic rings. The molecule has 0 radical (unpaired) electrons. The van der Waals surface area contributed by atoms with Crippen molar-refractivity contribution in [2.45, 2.75) is 6.42 Å². The summed E-state index contributed by atoms with van der Waals surface area (Å²) >= 11 is 0. The monoisotopic (exact) mass is 364 g/mol. The number of benzene rings is 2. The average molecular weight is 364 g/mol. The summed E-state index contributed by atoms with van der Waals surface area (Å²) in [5.41, 5.74) is 1.99. The molecule has 1 aliphatic rings. The van der Waals surface area contributed by atoms with Crippen molar-refractivity contribution >= 4 is 23.2 Å². The molecule has 0 saturated heterocycles. The molecule has 1 aliphatic heterocycles. The fourth-order valence-electron chi connectivity index (χ4n) is 2.81. The number of anilines is 2. The lowest BCUT2D eigenvalue weighted by Gasteiger charge is -2.21. The maximum Gasteiger partial charge on any atom is 0.244 e. The molecule has 1 N–H and O–H groups in total. The quantitative estimate of drug-likeness (QED) is 0.751. The van der Waals surface area contributed by atoms with Gasteiger partial charge in [0.2, 0.25) is 11.8 Å². The van der Waals surface area contributed by atoms with Gasteiger partial charge in [-0.3, -0.25) is 14.5 Å². The number of nitrogens with one attached hydrogen (secondary N) is 1. The van der Waals surface area contributed by atoms with Crippen LogP contribution in [0.1, 0.15) is 6.42 Å². The predicted molar refractivity (Wildman–Crippen MR) is 96.7 cm³/mol. The Morgan fingerprint density at radius 3 is 2.74 bits per heavy atom. The Kier molecular flexibility index (Phi) is 4.48. The van der Waals surface area contributed by atoms with Crippen LogP contribution in [0.15, 0.2) is 54.9 Å². The highest BCUT2D eigenvalue weighted by atomic mass is 16.5. The third-order valence-electron chi connectivity index (χ3n) is 4.10. The van der Waals surface area contributed by atoms with Crippen molar-refractivity contribution in [1.29, 1.82) is 0 Å². The average Bonchev–Trinajstić information content (AvgIpc) is 3.17. The van der Waals surface area contributed by atoms with E-state index >= 15 is 0 Å². The number of fused-ring (bicyclic) bond motifs is 1. The van der Waals surface area contributed by atoms with Crippen LogP contribution in [0.25, 0.3) is 5.69 Å². The fourth-order valence-corrected chi connectivity index (χ4v) is 2.81. The Morgan fingerprint density at radius 2 is 1.96 bits per heavy atom. The number of nitrogens with zero attached hydrogens (tertiary/aromatic N) is 5. The van der Waals surface area contributed by atoms with Crippen LogP contribution >= 0.6 is 0 Å². The molecule has 0 unspecified atom stereocenters. The smallest absolute Gasteiger partial charge is 0.244 e. The molecular weight excluding hydrogens is 348 g/mol. The van der Waals surface area contributed by atoms with Crippen molar-refractivity contribution in [3.8, 4) is 11.4 Å². The summed E-state index contributed by atoms with van der Waals surface area (Å²) in [4.78, 5) is 26.3.